The lowest BCUT2D eigenvalue weighted by Crippen LogP contribution is -2.27. The van der Waals surface area contributed by atoms with E-state index in [2.05, 4.69) is 0 Å². The summed E-state index contributed by atoms with van der Waals surface area (Å²) in [6, 6.07) is 7.35. The first kappa shape index (κ1) is 8.00. The third kappa shape index (κ3) is 0.780. The molecule has 1 aromatic carbocycles. The molecule has 3 nitrogen and oxygen atoms in total. The van der Waals surface area contributed by atoms with E-state index in [1.165, 1.54) is 0 Å². The monoisotopic (exact) mass is 190 g/mol. The lowest BCUT2D eigenvalue weighted by Gasteiger charge is -2.06. The van der Waals surface area contributed by atoms with E-state index >= 15 is 0 Å². The van der Waals surface area contributed by atoms with E-state index in [-0.39, 0.29) is 11.9 Å². The normalized spacial score (nSPS) is 32.9. The van der Waals surface area contributed by atoms with Gasteiger partial charge in [0.2, 0.25) is 5.78 Å². The van der Waals surface area contributed by atoms with E-state index in [1.54, 1.807) is 13.2 Å². The number of para-hydroxylation sites is 1. The molecule has 0 N–H and O–H groups in total. The number of carbonyl (C=O) groups excluding carboxylic acids is 1. The van der Waals surface area contributed by atoms with Crippen LogP contribution in [0, 0.1) is 0 Å². The summed E-state index contributed by atoms with van der Waals surface area (Å²) in [6.45, 7) is 0. The van der Waals surface area contributed by atoms with Gasteiger partial charge in [0.05, 0.1) is 5.56 Å². The molecule has 1 fully saturated rings. The first-order valence-electron chi connectivity index (χ1n) is 4.63. The number of benzene rings is 1. The molecule has 0 saturated heterocycles. The van der Waals surface area contributed by atoms with Crippen LogP contribution in [-0.4, -0.2) is 24.6 Å². The molecule has 0 amide bonds. The second-order valence-electron chi connectivity index (χ2n) is 3.75. The zero-order chi connectivity index (χ0) is 9.76. The van der Waals surface area contributed by atoms with Gasteiger partial charge in [-0.05, 0) is 12.1 Å². The average Bonchev–Trinajstić information content (AvgIpc) is 2.85. The van der Waals surface area contributed by atoms with Crippen molar-refractivity contribution in [3.63, 3.8) is 0 Å². The highest BCUT2D eigenvalue weighted by Crippen LogP contribution is 2.51. The Balaban J connectivity index is 2.03. The van der Waals surface area contributed by atoms with E-state index in [0.717, 1.165) is 0 Å². The number of ketones is 1. The quantitative estimate of drug-likeness (QED) is 0.671. The van der Waals surface area contributed by atoms with Crippen molar-refractivity contribution in [1.29, 1.82) is 0 Å². The number of carbonyl (C=O) groups is 1. The summed E-state index contributed by atoms with van der Waals surface area (Å²) in [5, 5.41) is 0. The van der Waals surface area contributed by atoms with Gasteiger partial charge in [0.25, 0.3) is 0 Å². The van der Waals surface area contributed by atoms with Crippen molar-refractivity contribution in [1.82, 2.24) is 0 Å². The van der Waals surface area contributed by atoms with Crippen molar-refractivity contribution >= 4 is 5.78 Å². The van der Waals surface area contributed by atoms with Crippen LogP contribution in [0.4, 0.5) is 0 Å². The van der Waals surface area contributed by atoms with Crippen LogP contribution in [0.25, 0.3) is 0 Å². The molecular weight excluding hydrogens is 180 g/mol. The van der Waals surface area contributed by atoms with Gasteiger partial charge in [-0.1, -0.05) is 12.1 Å². The molecule has 0 radical (unpaired) electrons. The van der Waals surface area contributed by atoms with Crippen molar-refractivity contribution < 1.29 is 14.3 Å². The van der Waals surface area contributed by atoms with Gasteiger partial charge in [-0.25, -0.2) is 0 Å². The van der Waals surface area contributed by atoms with Gasteiger partial charge in [0, 0.05) is 13.5 Å². The first-order chi connectivity index (χ1) is 6.78. The Bertz CT molecular complexity index is 413. The topological polar surface area (TPSA) is 35.5 Å². The maximum atomic E-state index is 11.9. The standard InChI is InChI=1S/C11H10O3/c1-13-9-6-11(9)10(12)7-4-2-3-5-8(7)14-11/h2-5,9H,6H2,1H3. The Labute approximate surface area is 81.6 Å². The Morgan fingerprint density at radius 1 is 1.50 bits per heavy atom. The minimum Gasteiger partial charge on any atom is -0.475 e. The highest BCUT2D eigenvalue weighted by molar-refractivity contribution is 6.10. The van der Waals surface area contributed by atoms with Gasteiger partial charge in [0.15, 0.2) is 5.60 Å². The molecule has 0 bridgehead atoms. The summed E-state index contributed by atoms with van der Waals surface area (Å²) in [4.78, 5) is 11.9. The van der Waals surface area contributed by atoms with Crippen molar-refractivity contribution in [3.8, 4) is 5.75 Å². The summed E-state index contributed by atoms with van der Waals surface area (Å²) in [7, 11) is 1.61. The molecule has 72 valence electrons. The third-order valence-electron chi connectivity index (χ3n) is 2.94. The molecule has 1 heterocycles. The van der Waals surface area contributed by atoms with Gasteiger partial charge >= 0.3 is 0 Å². The van der Waals surface area contributed by atoms with E-state index in [9.17, 15) is 4.79 Å². The molecule has 1 saturated carbocycles. The van der Waals surface area contributed by atoms with E-state index < -0.39 is 5.60 Å². The summed E-state index contributed by atoms with van der Waals surface area (Å²) in [5.41, 5.74) is 0.00498. The third-order valence-corrected chi connectivity index (χ3v) is 2.94. The van der Waals surface area contributed by atoms with Crippen LogP contribution < -0.4 is 4.74 Å². The zero-order valence-corrected chi connectivity index (χ0v) is 7.82. The number of fused-ring (bicyclic) bond motifs is 1. The summed E-state index contributed by atoms with van der Waals surface area (Å²) in [6.07, 6.45) is 0.610. The number of hydrogen-bond acceptors (Lipinski definition) is 3. The Kier molecular flexibility index (Phi) is 1.35. The maximum Gasteiger partial charge on any atom is 0.212 e. The second-order valence-corrected chi connectivity index (χ2v) is 3.75. The number of methoxy groups -OCH3 is 1. The molecule has 0 aromatic heterocycles. The minimum atomic E-state index is -0.682. The predicted molar refractivity (Wildman–Crippen MR) is 49.5 cm³/mol. The molecule has 3 heteroatoms. The highest BCUT2D eigenvalue weighted by Gasteiger charge is 2.67. The summed E-state index contributed by atoms with van der Waals surface area (Å²) in [5.74, 6) is 0.761. The average molecular weight is 190 g/mol. The van der Waals surface area contributed by atoms with E-state index in [1.807, 2.05) is 18.2 Å². The van der Waals surface area contributed by atoms with Gasteiger partial charge in [-0.2, -0.15) is 0 Å². The molecule has 3 rings (SSSR count). The van der Waals surface area contributed by atoms with Gasteiger partial charge in [0.1, 0.15) is 11.9 Å². The van der Waals surface area contributed by atoms with Crippen LogP contribution in [0.1, 0.15) is 16.8 Å². The van der Waals surface area contributed by atoms with Gasteiger partial charge in [-0.15, -0.1) is 0 Å². The van der Waals surface area contributed by atoms with Crippen LogP contribution in [0.15, 0.2) is 24.3 Å². The summed E-state index contributed by atoms with van der Waals surface area (Å²) < 4.78 is 10.8. The lowest BCUT2D eigenvalue weighted by molar-refractivity contribution is 0.0626. The molecule has 2 aliphatic rings. The Morgan fingerprint density at radius 3 is 2.93 bits per heavy atom. The fraction of sp³-hybridized carbons (Fsp3) is 0.364. The fourth-order valence-corrected chi connectivity index (χ4v) is 2.05. The number of hydrogen-bond donors (Lipinski definition) is 0. The van der Waals surface area contributed by atoms with Crippen LogP contribution in [0.3, 0.4) is 0 Å². The van der Waals surface area contributed by atoms with Crippen molar-refractivity contribution in [2.45, 2.75) is 18.1 Å². The van der Waals surface area contributed by atoms with Crippen LogP contribution >= 0.6 is 0 Å². The second kappa shape index (κ2) is 2.36. The smallest absolute Gasteiger partial charge is 0.212 e. The van der Waals surface area contributed by atoms with Crippen molar-refractivity contribution in [2.75, 3.05) is 7.11 Å². The molecule has 1 aliphatic carbocycles. The molecule has 2 atom stereocenters. The van der Waals surface area contributed by atoms with E-state index in [4.69, 9.17) is 9.47 Å². The number of ether oxygens (including phenoxy) is 2. The lowest BCUT2D eigenvalue weighted by atomic mass is 10.1. The Hall–Kier alpha value is -1.35. The van der Waals surface area contributed by atoms with Crippen molar-refractivity contribution in [3.05, 3.63) is 29.8 Å². The van der Waals surface area contributed by atoms with Crippen molar-refractivity contribution in [2.24, 2.45) is 0 Å². The molecule has 2 unspecified atom stereocenters. The van der Waals surface area contributed by atoms with Crippen LogP contribution in [-0.2, 0) is 4.74 Å². The fourth-order valence-electron chi connectivity index (χ4n) is 2.05. The highest BCUT2D eigenvalue weighted by atomic mass is 16.6. The molecule has 14 heavy (non-hydrogen) atoms. The zero-order valence-electron chi connectivity index (χ0n) is 7.82. The first-order valence-corrected chi connectivity index (χ1v) is 4.63. The molecular formula is C11H10O3. The largest absolute Gasteiger partial charge is 0.475 e. The molecule has 1 aromatic rings. The predicted octanol–water partition coefficient (Wildman–Crippen LogP) is 1.42. The maximum absolute atomic E-state index is 11.9. The molecule has 1 aliphatic heterocycles. The van der Waals surface area contributed by atoms with Gasteiger partial charge in [-0.3, -0.25) is 4.79 Å². The number of Topliss-reactive ketones (excluding diaryl/α,β-unsaturated/α-hetero) is 1. The SMILES string of the molecule is COC1CC12Oc1ccccc1C2=O. The molecule has 1 spiro atoms. The Morgan fingerprint density at radius 2 is 2.29 bits per heavy atom. The minimum absolute atomic E-state index is 0.0672. The van der Waals surface area contributed by atoms with Gasteiger partial charge < -0.3 is 9.47 Å². The number of rotatable bonds is 1. The van der Waals surface area contributed by atoms with E-state index in [0.29, 0.717) is 17.7 Å². The summed E-state index contributed by atoms with van der Waals surface area (Å²) >= 11 is 0. The van der Waals surface area contributed by atoms with Crippen LogP contribution in [0.5, 0.6) is 5.75 Å². The van der Waals surface area contributed by atoms with Crippen LogP contribution in [0.2, 0.25) is 0 Å².